The summed E-state index contributed by atoms with van der Waals surface area (Å²) in [5.41, 5.74) is 0. The summed E-state index contributed by atoms with van der Waals surface area (Å²) >= 11 is -0.556. The predicted octanol–water partition coefficient (Wildman–Crippen LogP) is 7.15. The molecule has 142 valence electrons. The number of rotatable bonds is 6. The fourth-order valence-electron chi connectivity index (χ4n) is 4.60. The van der Waals surface area contributed by atoms with Crippen molar-refractivity contribution in [3.05, 3.63) is 10.6 Å². The molecule has 4 atom stereocenters. The Balaban J connectivity index is 0.000000891. The van der Waals surface area contributed by atoms with Crippen LogP contribution in [0, 0.1) is 23.7 Å². The normalized spacial score (nSPS) is 36.6. The first-order chi connectivity index (χ1) is 11.5. The Hall–Kier alpha value is 1.21. The average molecular weight is 411 g/mol. The number of halogens is 2. The van der Waals surface area contributed by atoms with Crippen LogP contribution in [0.1, 0.15) is 72.6 Å². The predicted molar refractivity (Wildman–Crippen MR) is 105 cm³/mol. The molecule has 0 aromatic rings. The minimum absolute atomic E-state index is 0.556. The molecule has 4 unspecified atom stereocenters. The Labute approximate surface area is 167 Å². The molecule has 0 N–H and O–H groups in total. The fraction of sp³-hybridized carbons (Fsp3) is 1.00. The Bertz CT molecular complexity index is 272. The van der Waals surface area contributed by atoms with E-state index in [9.17, 15) is 0 Å². The zero-order valence-corrected chi connectivity index (χ0v) is 19.1. The van der Waals surface area contributed by atoms with Crippen molar-refractivity contribution in [3.8, 4) is 0 Å². The van der Waals surface area contributed by atoms with Crippen molar-refractivity contribution in [1.82, 2.24) is 0 Å². The van der Waals surface area contributed by atoms with E-state index in [4.69, 9.17) is 29.2 Å². The third-order valence-corrected chi connectivity index (χ3v) is 5.97. The van der Waals surface area contributed by atoms with Crippen molar-refractivity contribution in [2.75, 3.05) is 13.1 Å². The van der Waals surface area contributed by atoms with Crippen LogP contribution in [0.2, 0.25) is 0 Å². The molecule has 0 bridgehead atoms. The van der Waals surface area contributed by atoms with Gasteiger partial charge in [0.2, 0.25) is 0 Å². The van der Waals surface area contributed by atoms with Crippen LogP contribution in [0.3, 0.4) is 0 Å². The second-order valence-corrected chi connectivity index (χ2v) is 10.6. The first-order valence-corrected chi connectivity index (χ1v) is 14.1. The van der Waals surface area contributed by atoms with Gasteiger partial charge in [-0.15, -0.1) is 12.1 Å². The third-order valence-electron chi connectivity index (χ3n) is 5.97. The molecular formula is C19H36Cl2N2Ti-2. The number of nitrogens with zero attached hydrogens (tertiary/aromatic N) is 2. The molecule has 0 amide bonds. The molecule has 0 saturated heterocycles. The zero-order chi connectivity index (χ0) is 17.9. The van der Waals surface area contributed by atoms with E-state index in [0.717, 1.165) is 43.2 Å². The summed E-state index contributed by atoms with van der Waals surface area (Å²) in [6, 6.07) is 1.23. The van der Waals surface area contributed by atoms with Crippen LogP contribution >= 0.6 is 18.6 Å². The molecule has 2 aliphatic rings. The summed E-state index contributed by atoms with van der Waals surface area (Å²) in [6.07, 6.45) is 9.47. The third kappa shape index (κ3) is 8.27. The second-order valence-electron chi connectivity index (χ2n) is 7.99. The maximum absolute atomic E-state index is 5.01. The second kappa shape index (κ2) is 13.4. The van der Waals surface area contributed by atoms with Crippen LogP contribution in [0.5, 0.6) is 0 Å². The standard InChI is InChI=1S/C19H36N2.2ClH.Ti/c1-14-8-5-9-15(2)18(14)20-12-7-13-21-19-16(3)10-6-11-17(19)4;;;/h14-19H,5-13H2,1-4H3;2*1H;/q-2;;;+2/p-2. The molecule has 2 fully saturated rings. The molecule has 0 aromatic heterocycles. The van der Waals surface area contributed by atoms with Gasteiger partial charge in [0.1, 0.15) is 0 Å². The molecule has 2 nitrogen and oxygen atoms in total. The van der Waals surface area contributed by atoms with Gasteiger partial charge in [0, 0.05) is 0 Å². The molecule has 5 heteroatoms. The van der Waals surface area contributed by atoms with Crippen LogP contribution in [-0.2, 0) is 17.0 Å². The summed E-state index contributed by atoms with van der Waals surface area (Å²) < 4.78 is 0. The monoisotopic (exact) mass is 410 g/mol. The van der Waals surface area contributed by atoms with Crippen LogP contribution in [0.25, 0.3) is 10.6 Å². The van der Waals surface area contributed by atoms with E-state index in [1.54, 1.807) is 0 Å². The first-order valence-electron chi connectivity index (χ1n) is 9.80. The van der Waals surface area contributed by atoms with Crippen molar-refractivity contribution in [2.45, 2.75) is 84.7 Å². The van der Waals surface area contributed by atoms with Crippen molar-refractivity contribution in [2.24, 2.45) is 23.7 Å². The molecule has 0 aromatic carbocycles. The summed E-state index contributed by atoms with van der Waals surface area (Å²) in [5.74, 6) is 3.18. The topological polar surface area (TPSA) is 28.2 Å². The SMILES string of the molecule is CC1CCCC(C)C1[N-]CCC[N-]C1C(C)CCCC1C.[Cl][Ti][Cl]. The Morgan fingerprint density at radius 3 is 1.29 bits per heavy atom. The molecule has 2 rings (SSSR count). The summed E-state index contributed by atoms with van der Waals surface area (Å²) in [7, 11) is 9.78. The summed E-state index contributed by atoms with van der Waals surface area (Å²) in [4.78, 5) is 0. The van der Waals surface area contributed by atoms with Gasteiger partial charge < -0.3 is 10.6 Å². The summed E-state index contributed by atoms with van der Waals surface area (Å²) in [6.45, 7) is 11.6. The summed E-state index contributed by atoms with van der Waals surface area (Å²) in [5, 5.41) is 10.0. The van der Waals surface area contributed by atoms with Gasteiger partial charge in [-0.25, -0.2) is 0 Å². The Morgan fingerprint density at radius 1 is 0.708 bits per heavy atom. The van der Waals surface area contributed by atoms with Gasteiger partial charge in [0.15, 0.2) is 0 Å². The van der Waals surface area contributed by atoms with Gasteiger partial charge in [-0.3, -0.25) is 0 Å². The van der Waals surface area contributed by atoms with Crippen LogP contribution < -0.4 is 0 Å². The number of hydrogen-bond acceptors (Lipinski definition) is 0. The van der Waals surface area contributed by atoms with Gasteiger partial charge in [0.05, 0.1) is 0 Å². The van der Waals surface area contributed by atoms with E-state index >= 15 is 0 Å². The molecule has 0 spiro atoms. The average Bonchev–Trinajstić information content (AvgIpc) is 2.53. The molecule has 0 heterocycles. The quantitative estimate of drug-likeness (QED) is 0.328. The molecule has 2 saturated carbocycles. The van der Waals surface area contributed by atoms with Crippen LogP contribution in [0.4, 0.5) is 0 Å². The maximum atomic E-state index is 5.01. The van der Waals surface area contributed by atoms with Gasteiger partial charge in [0.25, 0.3) is 0 Å². The van der Waals surface area contributed by atoms with E-state index in [2.05, 4.69) is 27.7 Å². The van der Waals surface area contributed by atoms with E-state index in [-0.39, 0.29) is 0 Å². The first kappa shape index (κ1) is 23.3. The molecular weight excluding hydrogens is 375 g/mol. The van der Waals surface area contributed by atoms with E-state index < -0.39 is 17.0 Å². The molecule has 2 aliphatic carbocycles. The van der Waals surface area contributed by atoms with Crippen molar-refractivity contribution in [3.63, 3.8) is 0 Å². The van der Waals surface area contributed by atoms with Crippen LogP contribution in [0.15, 0.2) is 0 Å². The van der Waals surface area contributed by atoms with Gasteiger partial charge in [-0.1, -0.05) is 96.3 Å². The van der Waals surface area contributed by atoms with Crippen LogP contribution in [-0.4, -0.2) is 25.2 Å². The van der Waals surface area contributed by atoms with E-state index in [1.165, 1.54) is 38.5 Å². The zero-order valence-electron chi connectivity index (χ0n) is 16.0. The van der Waals surface area contributed by atoms with E-state index in [1.807, 2.05) is 0 Å². The van der Waals surface area contributed by atoms with Gasteiger partial charge >= 0.3 is 35.6 Å². The van der Waals surface area contributed by atoms with Gasteiger partial charge in [-0.2, -0.15) is 13.1 Å². The Morgan fingerprint density at radius 2 is 1.00 bits per heavy atom. The van der Waals surface area contributed by atoms with Gasteiger partial charge in [-0.05, 0) is 0 Å². The van der Waals surface area contributed by atoms with Crippen molar-refractivity contribution >= 4 is 18.6 Å². The fourth-order valence-corrected chi connectivity index (χ4v) is 4.60. The van der Waals surface area contributed by atoms with Crippen molar-refractivity contribution < 1.29 is 17.0 Å². The minimum atomic E-state index is -0.556. The Kier molecular flexibility index (Phi) is 13.0. The van der Waals surface area contributed by atoms with E-state index in [0.29, 0.717) is 12.1 Å². The molecule has 0 radical (unpaired) electrons. The number of hydrogen-bond donors (Lipinski definition) is 0. The molecule has 24 heavy (non-hydrogen) atoms. The van der Waals surface area contributed by atoms with Crippen molar-refractivity contribution in [1.29, 1.82) is 0 Å². The molecule has 0 aliphatic heterocycles.